The molecule has 0 atom stereocenters. The van der Waals surface area contributed by atoms with Gasteiger partial charge >= 0.3 is 0 Å². The van der Waals surface area contributed by atoms with Crippen molar-refractivity contribution in [1.29, 1.82) is 0 Å². The lowest BCUT2D eigenvalue weighted by Crippen LogP contribution is -2.25. The first-order valence-corrected chi connectivity index (χ1v) is 9.06. The van der Waals surface area contributed by atoms with E-state index in [2.05, 4.69) is 27.9 Å². The highest BCUT2D eigenvalue weighted by molar-refractivity contribution is 14.1. The van der Waals surface area contributed by atoms with Crippen molar-refractivity contribution in [2.24, 2.45) is 0 Å². The van der Waals surface area contributed by atoms with E-state index in [0.29, 0.717) is 6.54 Å². The number of halogens is 2. The molecule has 0 aliphatic carbocycles. The zero-order chi connectivity index (χ0) is 15.9. The Hall–Kier alpha value is -1.08. The second-order valence-corrected chi connectivity index (χ2v) is 7.10. The number of thioether (sulfide) groups is 1. The summed E-state index contributed by atoms with van der Waals surface area (Å²) in [7, 11) is 0. The van der Waals surface area contributed by atoms with Gasteiger partial charge in [0.2, 0.25) is 0 Å². The van der Waals surface area contributed by atoms with Crippen molar-refractivity contribution >= 4 is 40.3 Å². The minimum Gasteiger partial charge on any atom is -0.352 e. The van der Waals surface area contributed by atoms with Gasteiger partial charge in [0.15, 0.2) is 0 Å². The third-order valence-corrected chi connectivity index (χ3v) is 5.66. The monoisotopic (exact) mass is 429 g/mol. The predicted octanol–water partition coefficient (Wildman–Crippen LogP) is 4.65. The summed E-state index contributed by atoms with van der Waals surface area (Å²) in [5, 5.41) is 2.95. The van der Waals surface area contributed by atoms with Gasteiger partial charge in [-0.05, 0) is 77.6 Å². The van der Waals surface area contributed by atoms with Crippen molar-refractivity contribution in [2.75, 3.05) is 12.3 Å². The molecule has 5 heteroatoms. The molecule has 0 heterocycles. The Kier molecular flexibility index (Phi) is 6.70. The van der Waals surface area contributed by atoms with E-state index in [1.807, 2.05) is 25.1 Å². The number of aryl methyl sites for hydroxylation is 1. The van der Waals surface area contributed by atoms with Crippen molar-refractivity contribution in [3.05, 3.63) is 63.0 Å². The highest BCUT2D eigenvalue weighted by Crippen LogP contribution is 2.19. The van der Waals surface area contributed by atoms with Gasteiger partial charge < -0.3 is 5.32 Å². The van der Waals surface area contributed by atoms with Crippen LogP contribution < -0.4 is 5.32 Å². The number of amides is 1. The molecule has 22 heavy (non-hydrogen) atoms. The Labute approximate surface area is 148 Å². The van der Waals surface area contributed by atoms with Gasteiger partial charge in [0.1, 0.15) is 5.82 Å². The second-order valence-electron chi connectivity index (χ2n) is 4.85. The van der Waals surface area contributed by atoms with Gasteiger partial charge in [0.05, 0.1) is 5.56 Å². The standard InChI is InChI=1S/C17H17FINOS/c1-12-4-2-5-15(16(12)19)17(21)20-10-3-11-22-14-8-6-13(18)7-9-14/h2,4-9H,3,10-11H2,1H3,(H,20,21). The van der Waals surface area contributed by atoms with Crippen molar-refractivity contribution < 1.29 is 9.18 Å². The molecule has 0 fully saturated rings. The highest BCUT2D eigenvalue weighted by Gasteiger charge is 2.10. The molecule has 0 aliphatic heterocycles. The molecule has 1 N–H and O–H groups in total. The fourth-order valence-electron chi connectivity index (χ4n) is 1.91. The topological polar surface area (TPSA) is 29.1 Å². The lowest BCUT2D eigenvalue weighted by atomic mass is 10.1. The molecule has 116 valence electrons. The molecule has 2 nitrogen and oxygen atoms in total. The summed E-state index contributed by atoms with van der Waals surface area (Å²) < 4.78 is 13.8. The molecular weight excluding hydrogens is 412 g/mol. The summed E-state index contributed by atoms with van der Waals surface area (Å²) in [5.41, 5.74) is 1.84. The van der Waals surface area contributed by atoms with Gasteiger partial charge in [0, 0.05) is 15.0 Å². The number of carbonyl (C=O) groups is 1. The summed E-state index contributed by atoms with van der Waals surface area (Å²) in [6, 6.07) is 12.2. The summed E-state index contributed by atoms with van der Waals surface area (Å²) >= 11 is 3.87. The van der Waals surface area contributed by atoms with Crippen LogP contribution in [0.2, 0.25) is 0 Å². The molecule has 0 unspecified atom stereocenters. The number of nitrogens with one attached hydrogen (secondary N) is 1. The van der Waals surface area contributed by atoms with Crippen molar-refractivity contribution in [3.8, 4) is 0 Å². The van der Waals surface area contributed by atoms with Gasteiger partial charge in [-0.15, -0.1) is 11.8 Å². The van der Waals surface area contributed by atoms with Crippen molar-refractivity contribution in [1.82, 2.24) is 5.32 Å². The van der Waals surface area contributed by atoms with Crippen LogP contribution in [0.5, 0.6) is 0 Å². The average Bonchev–Trinajstić information content (AvgIpc) is 2.51. The van der Waals surface area contributed by atoms with Crippen LogP contribution in [-0.4, -0.2) is 18.2 Å². The lowest BCUT2D eigenvalue weighted by Gasteiger charge is -2.08. The minimum atomic E-state index is -0.218. The molecule has 0 saturated heterocycles. The zero-order valence-electron chi connectivity index (χ0n) is 12.2. The minimum absolute atomic E-state index is 0.0279. The predicted molar refractivity (Wildman–Crippen MR) is 98.0 cm³/mol. The molecule has 2 rings (SSSR count). The second kappa shape index (κ2) is 8.53. The molecule has 0 spiro atoms. The van der Waals surface area contributed by atoms with E-state index >= 15 is 0 Å². The Bertz CT molecular complexity index is 646. The molecule has 0 bridgehead atoms. The van der Waals surface area contributed by atoms with Crippen LogP contribution in [0.3, 0.4) is 0 Å². The first-order chi connectivity index (χ1) is 10.6. The Morgan fingerprint density at radius 1 is 1.23 bits per heavy atom. The fourth-order valence-corrected chi connectivity index (χ4v) is 3.37. The van der Waals surface area contributed by atoms with Crippen LogP contribution in [0.15, 0.2) is 47.4 Å². The maximum atomic E-state index is 12.8. The van der Waals surface area contributed by atoms with Crippen molar-refractivity contribution in [3.63, 3.8) is 0 Å². The number of benzene rings is 2. The molecular formula is C17H17FINOS. The molecule has 2 aromatic carbocycles. The van der Waals surface area contributed by atoms with E-state index in [9.17, 15) is 9.18 Å². The Balaban J connectivity index is 1.73. The number of rotatable bonds is 6. The highest BCUT2D eigenvalue weighted by atomic mass is 127. The number of hydrogen-bond donors (Lipinski definition) is 1. The molecule has 1 amide bonds. The number of carbonyl (C=O) groups excluding carboxylic acids is 1. The maximum absolute atomic E-state index is 12.8. The van der Waals surface area contributed by atoms with E-state index < -0.39 is 0 Å². The summed E-state index contributed by atoms with van der Waals surface area (Å²) in [6.07, 6.45) is 0.871. The molecule has 2 aromatic rings. The maximum Gasteiger partial charge on any atom is 0.252 e. The van der Waals surface area contributed by atoms with E-state index in [0.717, 1.165) is 31.8 Å². The van der Waals surface area contributed by atoms with Crippen molar-refractivity contribution in [2.45, 2.75) is 18.2 Å². The fraction of sp³-hybridized carbons (Fsp3) is 0.235. The Morgan fingerprint density at radius 3 is 2.68 bits per heavy atom. The van der Waals surface area contributed by atoms with Crippen LogP contribution in [0.1, 0.15) is 22.3 Å². The average molecular weight is 429 g/mol. The third kappa shape index (κ3) is 4.98. The number of hydrogen-bond acceptors (Lipinski definition) is 2. The molecule has 0 radical (unpaired) electrons. The summed E-state index contributed by atoms with van der Waals surface area (Å²) in [4.78, 5) is 13.2. The first-order valence-electron chi connectivity index (χ1n) is 6.99. The third-order valence-electron chi connectivity index (χ3n) is 3.13. The smallest absolute Gasteiger partial charge is 0.252 e. The summed E-state index contributed by atoms with van der Waals surface area (Å²) in [5.74, 6) is 0.640. The molecule has 0 aromatic heterocycles. The quantitative estimate of drug-likeness (QED) is 0.412. The summed E-state index contributed by atoms with van der Waals surface area (Å²) in [6.45, 7) is 2.63. The van der Waals surface area contributed by atoms with Gasteiger partial charge in [-0.25, -0.2) is 4.39 Å². The van der Waals surface area contributed by atoms with Crippen LogP contribution in [0.25, 0.3) is 0 Å². The van der Waals surface area contributed by atoms with Crippen LogP contribution in [0.4, 0.5) is 4.39 Å². The van der Waals surface area contributed by atoms with E-state index in [4.69, 9.17) is 0 Å². The zero-order valence-corrected chi connectivity index (χ0v) is 15.2. The van der Waals surface area contributed by atoms with Gasteiger partial charge in [-0.3, -0.25) is 4.79 Å². The van der Waals surface area contributed by atoms with E-state index in [1.54, 1.807) is 23.9 Å². The SMILES string of the molecule is Cc1cccc(C(=O)NCCCSc2ccc(F)cc2)c1I. The van der Waals surface area contributed by atoms with Gasteiger partial charge in [-0.1, -0.05) is 12.1 Å². The first kappa shape index (κ1) is 17.3. The van der Waals surface area contributed by atoms with Crippen LogP contribution in [-0.2, 0) is 0 Å². The largest absolute Gasteiger partial charge is 0.352 e. The molecule has 0 saturated carbocycles. The van der Waals surface area contributed by atoms with E-state index in [1.165, 1.54) is 12.1 Å². The normalized spacial score (nSPS) is 10.5. The molecule has 0 aliphatic rings. The Morgan fingerprint density at radius 2 is 1.95 bits per heavy atom. The van der Waals surface area contributed by atoms with Gasteiger partial charge in [0.25, 0.3) is 5.91 Å². The van der Waals surface area contributed by atoms with E-state index in [-0.39, 0.29) is 11.7 Å². The van der Waals surface area contributed by atoms with Crippen LogP contribution >= 0.6 is 34.4 Å². The van der Waals surface area contributed by atoms with Gasteiger partial charge in [-0.2, -0.15) is 0 Å². The lowest BCUT2D eigenvalue weighted by molar-refractivity contribution is 0.0953. The van der Waals surface area contributed by atoms with Crippen LogP contribution in [0, 0.1) is 16.3 Å².